The molecule has 0 radical (unpaired) electrons. The van der Waals surface area contributed by atoms with Crippen LogP contribution in [-0.4, -0.2) is 35.3 Å². The van der Waals surface area contributed by atoms with Gasteiger partial charge in [0.1, 0.15) is 5.82 Å². The van der Waals surface area contributed by atoms with Gasteiger partial charge in [-0.1, -0.05) is 23.2 Å². The maximum absolute atomic E-state index is 12.6. The number of hydrogen-bond acceptors (Lipinski definition) is 5. The lowest BCUT2D eigenvalue weighted by atomic mass is 10.2. The van der Waals surface area contributed by atoms with E-state index in [-0.39, 0.29) is 5.02 Å². The summed E-state index contributed by atoms with van der Waals surface area (Å²) in [5.74, 6) is 0.289. The van der Waals surface area contributed by atoms with Gasteiger partial charge >= 0.3 is 0 Å². The smallest absolute Gasteiger partial charge is 0.256 e. The third-order valence-corrected chi connectivity index (χ3v) is 4.60. The van der Waals surface area contributed by atoms with E-state index in [1.165, 1.54) is 41.2 Å². The number of nitrogens with zero attached hydrogens (tertiary/aromatic N) is 3. The number of hydrogen-bond donors (Lipinski definition) is 2. The molecule has 0 bridgehead atoms. The fourth-order valence-corrected chi connectivity index (χ4v) is 3.43. The summed E-state index contributed by atoms with van der Waals surface area (Å²) in [6, 6.07) is 9.20. The number of rotatable bonds is 5. The Morgan fingerprint density at radius 3 is 2.43 bits per heavy atom. The summed E-state index contributed by atoms with van der Waals surface area (Å²) in [5.41, 5.74) is 1.34. The predicted molar refractivity (Wildman–Crippen MR) is 109 cm³/mol. The molecule has 146 valence electrons. The molecule has 0 atom stereocenters. The molecule has 28 heavy (non-hydrogen) atoms. The minimum absolute atomic E-state index is 0.280. The van der Waals surface area contributed by atoms with Gasteiger partial charge < -0.3 is 5.32 Å². The number of carbonyl (C=O) groups is 1. The van der Waals surface area contributed by atoms with Gasteiger partial charge in [0, 0.05) is 23.5 Å². The number of halogens is 2. The fraction of sp³-hybridized carbons (Fsp3) is 0.118. The topological polar surface area (TPSA) is 106 Å². The Morgan fingerprint density at radius 2 is 1.82 bits per heavy atom. The molecule has 3 rings (SSSR count). The van der Waals surface area contributed by atoms with Crippen LogP contribution in [0.4, 0.5) is 11.5 Å². The second-order valence-corrected chi connectivity index (χ2v) is 8.54. The zero-order valence-electron chi connectivity index (χ0n) is 14.8. The van der Waals surface area contributed by atoms with Crippen molar-refractivity contribution < 1.29 is 13.2 Å². The van der Waals surface area contributed by atoms with Crippen LogP contribution in [0.5, 0.6) is 0 Å². The van der Waals surface area contributed by atoms with Gasteiger partial charge in [-0.3, -0.25) is 9.52 Å². The number of aryl methyl sites for hydroxylation is 1. The Bertz CT molecular complexity index is 1140. The molecule has 8 nitrogen and oxygen atoms in total. The van der Waals surface area contributed by atoms with Crippen molar-refractivity contribution in [3.63, 3.8) is 0 Å². The molecule has 0 fully saturated rings. The number of sulfonamides is 1. The number of nitrogens with one attached hydrogen (secondary N) is 2. The van der Waals surface area contributed by atoms with Crippen molar-refractivity contribution in [1.82, 2.24) is 14.8 Å². The lowest BCUT2D eigenvalue weighted by Crippen LogP contribution is -2.16. The van der Waals surface area contributed by atoms with E-state index in [0.717, 1.165) is 6.26 Å². The molecular formula is C17H15Cl2N5O3S. The maximum atomic E-state index is 12.6. The quantitative estimate of drug-likeness (QED) is 0.632. The molecule has 3 aromatic rings. The first-order valence-electron chi connectivity index (χ1n) is 7.90. The zero-order chi connectivity index (χ0) is 20.5. The number of benzene rings is 1. The molecule has 1 amide bonds. The molecule has 2 N–H and O–H groups in total. The van der Waals surface area contributed by atoms with Gasteiger partial charge in [0.25, 0.3) is 5.91 Å². The van der Waals surface area contributed by atoms with Crippen molar-refractivity contribution in [1.29, 1.82) is 0 Å². The standard InChI is InChI=1S/C17H15Cl2N5O3S/c1-10-7-15(24(22-10)16-14(19)8-12(18)9-20-16)21-17(25)11-3-5-13(6-4-11)23-28(2,26)27/h3-9,23H,1-2H3,(H,21,25). The lowest BCUT2D eigenvalue weighted by Gasteiger charge is -2.10. The molecule has 2 aromatic heterocycles. The molecular weight excluding hydrogens is 425 g/mol. The van der Waals surface area contributed by atoms with Crippen LogP contribution >= 0.6 is 23.2 Å². The molecule has 0 spiro atoms. The molecule has 0 aliphatic rings. The van der Waals surface area contributed by atoms with Crippen molar-refractivity contribution in [3.8, 4) is 5.82 Å². The minimum atomic E-state index is -3.39. The molecule has 0 saturated heterocycles. The number of anilines is 2. The highest BCUT2D eigenvalue weighted by Crippen LogP contribution is 2.25. The minimum Gasteiger partial charge on any atom is -0.306 e. The first-order chi connectivity index (χ1) is 13.1. The van der Waals surface area contributed by atoms with Crippen LogP contribution in [0.2, 0.25) is 10.0 Å². The van der Waals surface area contributed by atoms with Crippen LogP contribution in [0.3, 0.4) is 0 Å². The van der Waals surface area contributed by atoms with Gasteiger partial charge in [-0.15, -0.1) is 0 Å². The van der Waals surface area contributed by atoms with E-state index in [2.05, 4.69) is 20.1 Å². The summed E-state index contributed by atoms with van der Waals surface area (Å²) in [6.07, 6.45) is 2.48. The van der Waals surface area contributed by atoms with Crippen molar-refractivity contribution in [2.24, 2.45) is 0 Å². The van der Waals surface area contributed by atoms with E-state index in [4.69, 9.17) is 23.2 Å². The molecule has 0 aliphatic heterocycles. The third-order valence-electron chi connectivity index (χ3n) is 3.51. The van der Waals surface area contributed by atoms with E-state index >= 15 is 0 Å². The van der Waals surface area contributed by atoms with E-state index in [9.17, 15) is 13.2 Å². The van der Waals surface area contributed by atoms with Gasteiger partial charge in [-0.2, -0.15) is 9.78 Å². The Kier molecular flexibility index (Phi) is 5.59. The number of carbonyl (C=O) groups excluding carboxylic acids is 1. The lowest BCUT2D eigenvalue weighted by molar-refractivity contribution is 0.102. The number of aromatic nitrogens is 3. The van der Waals surface area contributed by atoms with Crippen molar-refractivity contribution in [2.75, 3.05) is 16.3 Å². The van der Waals surface area contributed by atoms with Crippen LogP contribution in [-0.2, 0) is 10.0 Å². The van der Waals surface area contributed by atoms with Gasteiger partial charge in [0.2, 0.25) is 10.0 Å². The summed E-state index contributed by atoms with van der Waals surface area (Å²) < 4.78 is 26.3. The van der Waals surface area contributed by atoms with Crippen LogP contribution < -0.4 is 10.0 Å². The average molecular weight is 440 g/mol. The Hall–Kier alpha value is -2.62. The molecule has 0 saturated carbocycles. The largest absolute Gasteiger partial charge is 0.306 e. The first-order valence-corrected chi connectivity index (χ1v) is 10.5. The van der Waals surface area contributed by atoms with Gasteiger partial charge in [-0.25, -0.2) is 13.4 Å². The molecule has 1 aromatic carbocycles. The van der Waals surface area contributed by atoms with Crippen molar-refractivity contribution in [3.05, 3.63) is 63.9 Å². The number of pyridine rings is 1. The molecule has 0 aliphatic carbocycles. The summed E-state index contributed by atoms with van der Waals surface area (Å²) in [6.45, 7) is 1.77. The second kappa shape index (κ2) is 7.78. The number of amides is 1. The second-order valence-electron chi connectivity index (χ2n) is 5.95. The summed E-state index contributed by atoms with van der Waals surface area (Å²) in [4.78, 5) is 16.7. The van der Waals surface area contributed by atoms with Crippen LogP contribution in [0, 0.1) is 6.92 Å². The fourth-order valence-electron chi connectivity index (χ4n) is 2.41. The molecule has 0 unspecified atom stereocenters. The monoisotopic (exact) mass is 439 g/mol. The molecule has 11 heteroatoms. The summed E-state index contributed by atoms with van der Waals surface area (Å²) in [5, 5.41) is 7.72. The highest BCUT2D eigenvalue weighted by atomic mass is 35.5. The first kappa shape index (κ1) is 20.1. The van der Waals surface area contributed by atoms with E-state index < -0.39 is 15.9 Å². The Balaban J connectivity index is 1.85. The van der Waals surface area contributed by atoms with E-state index in [0.29, 0.717) is 33.6 Å². The Labute approximate surface area is 171 Å². The third kappa shape index (κ3) is 4.80. The summed E-state index contributed by atoms with van der Waals surface area (Å²) in [7, 11) is -3.39. The highest BCUT2D eigenvalue weighted by Gasteiger charge is 2.16. The predicted octanol–water partition coefficient (Wildman–Crippen LogP) is 3.51. The van der Waals surface area contributed by atoms with Crippen molar-refractivity contribution in [2.45, 2.75) is 6.92 Å². The van der Waals surface area contributed by atoms with Gasteiger partial charge in [0.05, 0.1) is 22.0 Å². The normalized spacial score (nSPS) is 11.3. The average Bonchev–Trinajstić information content (AvgIpc) is 2.94. The van der Waals surface area contributed by atoms with Crippen LogP contribution in [0.1, 0.15) is 16.1 Å². The van der Waals surface area contributed by atoms with Gasteiger partial charge in [-0.05, 0) is 37.3 Å². The van der Waals surface area contributed by atoms with E-state index in [1.807, 2.05) is 0 Å². The highest BCUT2D eigenvalue weighted by molar-refractivity contribution is 7.92. The summed E-state index contributed by atoms with van der Waals surface area (Å²) >= 11 is 12.1. The van der Waals surface area contributed by atoms with Crippen molar-refractivity contribution >= 4 is 50.6 Å². The maximum Gasteiger partial charge on any atom is 0.256 e. The SMILES string of the molecule is Cc1cc(NC(=O)c2ccc(NS(C)(=O)=O)cc2)n(-c2ncc(Cl)cc2Cl)n1. The van der Waals surface area contributed by atoms with Crippen LogP contribution in [0.15, 0.2) is 42.6 Å². The van der Waals surface area contributed by atoms with Crippen LogP contribution in [0.25, 0.3) is 5.82 Å². The Morgan fingerprint density at radius 1 is 1.14 bits per heavy atom. The van der Waals surface area contributed by atoms with Gasteiger partial charge in [0.15, 0.2) is 5.82 Å². The molecule has 2 heterocycles. The van der Waals surface area contributed by atoms with E-state index in [1.54, 1.807) is 13.0 Å². The zero-order valence-corrected chi connectivity index (χ0v) is 17.1.